The molecule has 2 aromatic carbocycles. The number of amides is 2. The Kier molecular flexibility index (Phi) is 4.82. The largest absolute Gasteiger partial charge is 0.268 e. The number of hydrogen-bond acceptors (Lipinski definition) is 2. The van der Waals surface area contributed by atoms with E-state index in [4.69, 9.17) is 0 Å². The van der Waals surface area contributed by atoms with Gasteiger partial charge in [0.1, 0.15) is 0 Å². The van der Waals surface area contributed by atoms with E-state index < -0.39 is 0 Å². The van der Waals surface area contributed by atoms with Crippen LogP contribution < -0.4 is 4.90 Å². The number of para-hydroxylation sites is 1. The molecule has 0 atom stereocenters. The van der Waals surface area contributed by atoms with Crippen molar-refractivity contribution in [1.82, 2.24) is 0 Å². The number of carbonyl (C=O) groups excluding carboxylic acids is 2. The summed E-state index contributed by atoms with van der Waals surface area (Å²) in [6.45, 7) is 10.3. The lowest BCUT2D eigenvalue weighted by Crippen LogP contribution is -2.32. The van der Waals surface area contributed by atoms with Crippen LogP contribution in [0, 0.1) is 0 Å². The molecule has 0 radical (unpaired) electrons. The Bertz CT molecular complexity index is 880. The van der Waals surface area contributed by atoms with Gasteiger partial charge < -0.3 is 0 Å². The van der Waals surface area contributed by atoms with Crippen LogP contribution in [0.2, 0.25) is 0 Å². The zero-order chi connectivity index (χ0) is 19.0. The second kappa shape index (κ2) is 6.91. The molecule has 0 bridgehead atoms. The molecule has 134 valence electrons. The number of anilines is 1. The van der Waals surface area contributed by atoms with Gasteiger partial charge in [-0.15, -0.1) is 0 Å². The van der Waals surface area contributed by atoms with Crippen LogP contribution in [0.5, 0.6) is 0 Å². The van der Waals surface area contributed by atoms with Crippen LogP contribution in [0.3, 0.4) is 0 Å². The fourth-order valence-electron chi connectivity index (χ4n) is 3.60. The molecule has 2 amide bonds. The van der Waals surface area contributed by atoms with E-state index in [-0.39, 0.29) is 23.7 Å². The van der Waals surface area contributed by atoms with Gasteiger partial charge in [-0.05, 0) is 41.5 Å². The van der Waals surface area contributed by atoms with Gasteiger partial charge in [0.15, 0.2) is 0 Å². The number of imide groups is 1. The normalized spacial score (nSPS) is 14.2. The van der Waals surface area contributed by atoms with Gasteiger partial charge in [-0.1, -0.05) is 70.2 Å². The van der Waals surface area contributed by atoms with E-state index in [0.29, 0.717) is 11.1 Å². The van der Waals surface area contributed by atoms with Crippen LogP contribution in [-0.2, 0) is 0 Å². The van der Waals surface area contributed by atoms with Crippen molar-refractivity contribution < 1.29 is 9.59 Å². The quantitative estimate of drug-likeness (QED) is 0.659. The number of hydrogen-bond donors (Lipinski definition) is 0. The molecular weight excluding hydrogens is 322 g/mol. The Hall–Kier alpha value is -2.68. The average molecular weight is 347 g/mol. The Morgan fingerprint density at radius 3 is 1.96 bits per heavy atom. The topological polar surface area (TPSA) is 37.4 Å². The Labute approximate surface area is 155 Å². The summed E-state index contributed by atoms with van der Waals surface area (Å²) in [6.07, 6.45) is 3.77. The van der Waals surface area contributed by atoms with Crippen LogP contribution >= 0.6 is 0 Å². The molecule has 0 N–H and O–H groups in total. The second-order valence-electron chi connectivity index (χ2n) is 7.31. The molecular formula is C23H25NO2. The minimum atomic E-state index is -0.230. The van der Waals surface area contributed by atoms with Crippen LogP contribution in [0.15, 0.2) is 42.5 Å². The first-order valence-electron chi connectivity index (χ1n) is 9.15. The van der Waals surface area contributed by atoms with E-state index in [1.165, 1.54) is 4.90 Å². The third kappa shape index (κ3) is 2.78. The Balaban J connectivity index is 2.26. The summed E-state index contributed by atoms with van der Waals surface area (Å²) in [7, 11) is 0. The third-order valence-corrected chi connectivity index (χ3v) is 4.86. The third-order valence-electron chi connectivity index (χ3n) is 4.86. The molecule has 0 aromatic heterocycles. The zero-order valence-electron chi connectivity index (χ0n) is 16.0. The standard InChI is InChI=1S/C23H25NO2/c1-6-9-16-10-7-13-19-20(16)23(26)24(22(19)25)21-17(14(2)3)11-8-12-18(21)15(4)5/h6-15H,1-5H3. The monoisotopic (exact) mass is 347 g/mol. The number of allylic oxidation sites excluding steroid dienone is 1. The van der Waals surface area contributed by atoms with E-state index >= 15 is 0 Å². The average Bonchev–Trinajstić information content (AvgIpc) is 2.86. The Morgan fingerprint density at radius 1 is 0.846 bits per heavy atom. The number of carbonyl (C=O) groups is 2. The highest BCUT2D eigenvalue weighted by Gasteiger charge is 2.40. The highest BCUT2D eigenvalue weighted by Crippen LogP contribution is 2.40. The maximum Gasteiger partial charge on any atom is 0.266 e. The van der Waals surface area contributed by atoms with Gasteiger partial charge in [-0.3, -0.25) is 9.59 Å². The lowest BCUT2D eigenvalue weighted by atomic mass is 9.92. The first kappa shape index (κ1) is 18.1. The lowest BCUT2D eigenvalue weighted by Gasteiger charge is -2.25. The summed E-state index contributed by atoms with van der Waals surface area (Å²) in [6, 6.07) is 11.5. The predicted octanol–water partition coefficient (Wildman–Crippen LogP) is 5.77. The van der Waals surface area contributed by atoms with E-state index in [1.807, 2.05) is 49.4 Å². The molecule has 3 rings (SSSR count). The van der Waals surface area contributed by atoms with Crippen LogP contribution in [0.25, 0.3) is 6.08 Å². The van der Waals surface area contributed by atoms with E-state index in [9.17, 15) is 9.59 Å². The molecule has 0 spiro atoms. The molecule has 0 unspecified atom stereocenters. The van der Waals surface area contributed by atoms with E-state index in [0.717, 1.165) is 22.4 Å². The number of fused-ring (bicyclic) bond motifs is 1. The molecule has 1 heterocycles. The molecule has 0 saturated heterocycles. The fourth-order valence-corrected chi connectivity index (χ4v) is 3.60. The lowest BCUT2D eigenvalue weighted by molar-refractivity contribution is 0.0925. The molecule has 3 heteroatoms. The maximum absolute atomic E-state index is 13.3. The molecule has 0 fully saturated rings. The van der Waals surface area contributed by atoms with Crippen molar-refractivity contribution in [1.29, 1.82) is 0 Å². The molecule has 0 aliphatic carbocycles. The van der Waals surface area contributed by atoms with Crippen molar-refractivity contribution in [3.63, 3.8) is 0 Å². The molecule has 2 aromatic rings. The van der Waals surface area contributed by atoms with Gasteiger partial charge >= 0.3 is 0 Å². The van der Waals surface area contributed by atoms with Gasteiger partial charge in [-0.2, -0.15) is 0 Å². The molecule has 26 heavy (non-hydrogen) atoms. The van der Waals surface area contributed by atoms with Crippen molar-refractivity contribution in [2.75, 3.05) is 4.90 Å². The summed E-state index contributed by atoms with van der Waals surface area (Å²) in [5.74, 6) is -0.0360. The number of nitrogens with zero attached hydrogens (tertiary/aromatic N) is 1. The summed E-state index contributed by atoms with van der Waals surface area (Å²) < 4.78 is 0. The summed E-state index contributed by atoms with van der Waals surface area (Å²) in [4.78, 5) is 27.9. The van der Waals surface area contributed by atoms with Gasteiger partial charge in [-0.25, -0.2) is 4.90 Å². The summed E-state index contributed by atoms with van der Waals surface area (Å²) in [5.41, 5.74) is 4.59. The molecule has 1 aliphatic heterocycles. The minimum Gasteiger partial charge on any atom is -0.268 e. The highest BCUT2D eigenvalue weighted by molar-refractivity contribution is 6.35. The van der Waals surface area contributed by atoms with Crippen LogP contribution in [0.1, 0.15) is 83.9 Å². The smallest absolute Gasteiger partial charge is 0.266 e. The molecule has 3 nitrogen and oxygen atoms in total. The van der Waals surface area contributed by atoms with Gasteiger partial charge in [0.25, 0.3) is 11.8 Å². The Morgan fingerprint density at radius 2 is 1.42 bits per heavy atom. The molecule has 0 saturated carbocycles. The first-order valence-corrected chi connectivity index (χ1v) is 9.15. The van der Waals surface area contributed by atoms with Gasteiger partial charge in [0.2, 0.25) is 0 Å². The van der Waals surface area contributed by atoms with Crippen LogP contribution in [0.4, 0.5) is 5.69 Å². The summed E-state index contributed by atoms with van der Waals surface area (Å²) in [5, 5.41) is 0. The number of benzene rings is 2. The minimum absolute atomic E-state index is 0.211. The number of rotatable bonds is 4. The van der Waals surface area contributed by atoms with E-state index in [1.54, 1.807) is 6.07 Å². The summed E-state index contributed by atoms with van der Waals surface area (Å²) >= 11 is 0. The van der Waals surface area contributed by atoms with Crippen molar-refractivity contribution in [2.45, 2.75) is 46.5 Å². The maximum atomic E-state index is 13.3. The van der Waals surface area contributed by atoms with E-state index in [2.05, 4.69) is 27.7 Å². The zero-order valence-corrected chi connectivity index (χ0v) is 16.0. The second-order valence-corrected chi connectivity index (χ2v) is 7.31. The first-order chi connectivity index (χ1) is 12.4. The predicted molar refractivity (Wildman–Crippen MR) is 107 cm³/mol. The van der Waals surface area contributed by atoms with Crippen molar-refractivity contribution >= 4 is 23.6 Å². The van der Waals surface area contributed by atoms with Gasteiger partial charge in [0.05, 0.1) is 16.8 Å². The van der Waals surface area contributed by atoms with Crippen molar-refractivity contribution in [3.8, 4) is 0 Å². The fraction of sp³-hybridized carbons (Fsp3) is 0.304. The van der Waals surface area contributed by atoms with Crippen LogP contribution in [-0.4, -0.2) is 11.8 Å². The highest BCUT2D eigenvalue weighted by atomic mass is 16.2. The molecule has 1 aliphatic rings. The van der Waals surface area contributed by atoms with Crippen molar-refractivity contribution in [2.24, 2.45) is 0 Å². The van der Waals surface area contributed by atoms with Gasteiger partial charge in [0, 0.05) is 0 Å². The van der Waals surface area contributed by atoms with Crippen molar-refractivity contribution in [3.05, 3.63) is 70.3 Å². The SMILES string of the molecule is CC=Cc1cccc2c1C(=O)N(c1c(C(C)C)cccc1C(C)C)C2=O.